The average molecular weight is 556 g/mol. The molecular weight excluding hydrogens is 510 g/mol. The second-order valence-corrected chi connectivity index (χ2v) is 11.7. The lowest BCUT2D eigenvalue weighted by atomic mass is 9.98. The maximum atomic E-state index is 12.7. The van der Waals surface area contributed by atoms with E-state index < -0.39 is 12.1 Å². The summed E-state index contributed by atoms with van der Waals surface area (Å²) in [5.41, 5.74) is 10.4. The molecule has 0 unspecified atom stereocenters. The van der Waals surface area contributed by atoms with Crippen molar-refractivity contribution in [3.05, 3.63) is 75.3 Å². The van der Waals surface area contributed by atoms with Gasteiger partial charge >= 0.3 is 11.9 Å². The number of thiazole rings is 1. The number of fused-ring (bicyclic) bond motifs is 2. The van der Waals surface area contributed by atoms with E-state index in [0.717, 1.165) is 34.0 Å². The standard InChI is InChI=1S/C31H45N3O4S/c1-21(13-14-34(6)7)11-12-23(3)16-27-19-29-33-28(20-39-29)24(4)17-26(32)18-31(36)37-25(5)15-22(2)9-8-10-30(35)38-27/h8-13,16,20,24-27H,14-15,17-19,32H2,1-7H3/b10-8-,12-11+,21-13+,22-9?,23-16+/t24-,25-,26+,27+/m0/s1. The first kappa shape index (κ1) is 32.4. The average Bonchev–Trinajstić information content (AvgIpc) is 3.29. The van der Waals surface area contributed by atoms with Crippen LogP contribution in [-0.2, 0) is 25.5 Å². The van der Waals surface area contributed by atoms with E-state index in [4.69, 9.17) is 20.2 Å². The molecule has 0 aromatic carbocycles. The number of allylic oxidation sites excluding steroid dienone is 6. The summed E-state index contributed by atoms with van der Waals surface area (Å²) in [6.45, 7) is 10.8. The van der Waals surface area contributed by atoms with Crippen molar-refractivity contribution in [3.8, 4) is 0 Å². The molecule has 214 valence electrons. The molecule has 0 saturated carbocycles. The van der Waals surface area contributed by atoms with Gasteiger partial charge in [0.15, 0.2) is 0 Å². The minimum Gasteiger partial charge on any atom is -0.462 e. The van der Waals surface area contributed by atoms with Gasteiger partial charge in [-0.25, -0.2) is 9.78 Å². The SMILES string of the molecule is CC1=C/C=C\C(=O)O[C@H](/C=C(C)/C=C/C(C)=C/CN(C)C)Cc2nc(cs2)[C@@H](C)C[C@@H](N)CC(=O)O[C@@H](C)C1. The molecule has 4 atom stereocenters. The highest BCUT2D eigenvalue weighted by molar-refractivity contribution is 7.09. The van der Waals surface area contributed by atoms with Crippen LogP contribution < -0.4 is 5.73 Å². The van der Waals surface area contributed by atoms with Crippen LogP contribution in [0.5, 0.6) is 0 Å². The van der Waals surface area contributed by atoms with Gasteiger partial charge in [0.25, 0.3) is 0 Å². The molecule has 39 heavy (non-hydrogen) atoms. The van der Waals surface area contributed by atoms with Gasteiger partial charge in [0, 0.05) is 42.8 Å². The van der Waals surface area contributed by atoms with Crippen molar-refractivity contribution in [2.45, 2.75) is 84.5 Å². The zero-order valence-corrected chi connectivity index (χ0v) is 25.3. The number of hydrogen-bond donors (Lipinski definition) is 1. The van der Waals surface area contributed by atoms with E-state index >= 15 is 0 Å². The van der Waals surface area contributed by atoms with Crippen molar-refractivity contribution in [2.75, 3.05) is 20.6 Å². The van der Waals surface area contributed by atoms with Crippen LogP contribution in [0.1, 0.15) is 70.5 Å². The zero-order chi connectivity index (χ0) is 28.9. The highest BCUT2D eigenvalue weighted by Gasteiger charge is 2.20. The number of ether oxygens (including phenoxy) is 2. The van der Waals surface area contributed by atoms with Crippen molar-refractivity contribution in [1.82, 2.24) is 9.88 Å². The third-order valence-corrected chi connectivity index (χ3v) is 7.08. The molecular formula is C31H45N3O4S. The summed E-state index contributed by atoms with van der Waals surface area (Å²) in [7, 11) is 4.07. The first-order valence-electron chi connectivity index (χ1n) is 13.5. The lowest BCUT2D eigenvalue weighted by Crippen LogP contribution is -2.28. The number of hydrogen-bond acceptors (Lipinski definition) is 8. The fraction of sp³-hybridized carbons (Fsp3) is 0.516. The summed E-state index contributed by atoms with van der Waals surface area (Å²) in [5, 5.41) is 2.90. The Labute approximate surface area is 238 Å². The second kappa shape index (κ2) is 16.3. The van der Waals surface area contributed by atoms with Gasteiger partial charge in [-0.05, 0) is 54.3 Å². The van der Waals surface area contributed by atoms with E-state index in [1.165, 1.54) is 6.08 Å². The Balaban J connectivity index is 2.30. The van der Waals surface area contributed by atoms with E-state index in [0.29, 0.717) is 19.3 Å². The highest BCUT2D eigenvalue weighted by atomic mass is 32.1. The van der Waals surface area contributed by atoms with Gasteiger partial charge in [0.1, 0.15) is 12.2 Å². The minimum absolute atomic E-state index is 0.0866. The van der Waals surface area contributed by atoms with Crippen LogP contribution in [-0.4, -0.2) is 60.7 Å². The van der Waals surface area contributed by atoms with Crippen LogP contribution >= 0.6 is 11.3 Å². The summed E-state index contributed by atoms with van der Waals surface area (Å²) >= 11 is 1.54. The minimum atomic E-state index is -0.465. The van der Waals surface area contributed by atoms with Crippen molar-refractivity contribution >= 4 is 23.3 Å². The predicted molar refractivity (Wildman–Crippen MR) is 160 cm³/mol. The quantitative estimate of drug-likeness (QED) is 0.370. The van der Waals surface area contributed by atoms with Gasteiger partial charge in [0.2, 0.25) is 0 Å². The molecule has 1 aromatic rings. The molecule has 0 saturated heterocycles. The summed E-state index contributed by atoms with van der Waals surface area (Å²) in [6.07, 6.45) is 14.2. The van der Waals surface area contributed by atoms with E-state index in [-0.39, 0.29) is 30.5 Å². The molecule has 2 heterocycles. The van der Waals surface area contributed by atoms with Crippen LogP contribution in [0.4, 0.5) is 0 Å². The van der Waals surface area contributed by atoms with Crippen molar-refractivity contribution in [1.29, 1.82) is 0 Å². The number of aromatic nitrogens is 1. The number of nitrogens with zero attached hydrogens (tertiary/aromatic N) is 2. The van der Waals surface area contributed by atoms with Gasteiger partial charge in [-0.1, -0.05) is 54.0 Å². The molecule has 2 bridgehead atoms. The number of rotatable bonds is 5. The molecule has 2 N–H and O–H groups in total. The molecule has 1 aliphatic heterocycles. The molecule has 1 aliphatic rings. The van der Waals surface area contributed by atoms with Crippen LogP contribution in [0.3, 0.4) is 0 Å². The number of likely N-dealkylation sites (N-methyl/N-ethyl adjacent to an activating group) is 1. The summed E-state index contributed by atoms with van der Waals surface area (Å²) in [4.78, 5) is 32.0. The number of esters is 2. The fourth-order valence-corrected chi connectivity index (χ4v) is 5.11. The Morgan fingerprint density at radius 1 is 1.13 bits per heavy atom. The number of carbonyl (C=O) groups excluding carboxylic acids is 2. The van der Waals surface area contributed by atoms with Gasteiger partial charge in [0.05, 0.1) is 17.1 Å². The van der Waals surface area contributed by atoms with Crippen LogP contribution in [0.25, 0.3) is 0 Å². The second-order valence-electron chi connectivity index (χ2n) is 10.8. The Kier molecular flexibility index (Phi) is 13.6. The van der Waals surface area contributed by atoms with E-state index in [9.17, 15) is 9.59 Å². The largest absolute Gasteiger partial charge is 0.462 e. The maximum absolute atomic E-state index is 12.7. The highest BCUT2D eigenvalue weighted by Crippen LogP contribution is 2.25. The summed E-state index contributed by atoms with van der Waals surface area (Å²) in [5.74, 6) is -0.635. The van der Waals surface area contributed by atoms with Crippen LogP contribution in [0.2, 0.25) is 0 Å². The Bertz CT molecular complexity index is 1110. The Morgan fingerprint density at radius 3 is 2.56 bits per heavy atom. The zero-order valence-electron chi connectivity index (χ0n) is 24.5. The normalized spacial score (nSPS) is 25.9. The predicted octanol–water partition coefficient (Wildman–Crippen LogP) is 5.66. The molecule has 0 amide bonds. The summed E-state index contributed by atoms with van der Waals surface area (Å²) in [6, 6.07) is -0.312. The van der Waals surface area contributed by atoms with Crippen LogP contribution in [0.15, 0.2) is 64.6 Å². The topological polar surface area (TPSA) is 94.8 Å². The van der Waals surface area contributed by atoms with Crippen molar-refractivity contribution in [3.63, 3.8) is 0 Å². The van der Waals surface area contributed by atoms with E-state index in [2.05, 4.69) is 30.9 Å². The fourth-order valence-electron chi connectivity index (χ4n) is 4.15. The summed E-state index contributed by atoms with van der Waals surface area (Å²) < 4.78 is 11.4. The molecule has 7 nitrogen and oxygen atoms in total. The molecule has 0 fully saturated rings. The van der Waals surface area contributed by atoms with Crippen LogP contribution in [0, 0.1) is 0 Å². The lowest BCUT2D eigenvalue weighted by molar-refractivity contribution is -0.148. The molecule has 0 aliphatic carbocycles. The third kappa shape index (κ3) is 13.2. The number of nitrogens with two attached hydrogens (primary N) is 1. The van der Waals surface area contributed by atoms with E-state index in [1.807, 2.05) is 58.5 Å². The van der Waals surface area contributed by atoms with Gasteiger partial charge in [-0.3, -0.25) is 4.79 Å². The Morgan fingerprint density at radius 2 is 1.85 bits per heavy atom. The smallest absolute Gasteiger partial charge is 0.331 e. The van der Waals surface area contributed by atoms with Gasteiger partial charge in [-0.2, -0.15) is 0 Å². The third-order valence-electron chi connectivity index (χ3n) is 6.19. The molecule has 8 heteroatoms. The number of cyclic esters (lactones) is 2. The monoisotopic (exact) mass is 555 g/mol. The first-order valence-corrected chi connectivity index (χ1v) is 14.4. The van der Waals surface area contributed by atoms with E-state index in [1.54, 1.807) is 17.4 Å². The molecule has 1 aromatic heterocycles. The lowest BCUT2D eigenvalue weighted by Gasteiger charge is -2.18. The first-order chi connectivity index (χ1) is 18.4. The van der Waals surface area contributed by atoms with Gasteiger partial charge < -0.3 is 20.1 Å². The molecule has 2 rings (SSSR count). The van der Waals surface area contributed by atoms with Crippen molar-refractivity contribution < 1.29 is 19.1 Å². The van der Waals surface area contributed by atoms with Crippen molar-refractivity contribution in [2.24, 2.45) is 5.73 Å². The number of carbonyl (C=O) groups is 2. The molecule has 0 radical (unpaired) electrons. The van der Waals surface area contributed by atoms with Gasteiger partial charge in [-0.15, -0.1) is 11.3 Å². The maximum Gasteiger partial charge on any atom is 0.331 e. The molecule has 0 spiro atoms. The Hall–Kier alpha value is -2.81.